The highest BCUT2D eigenvalue weighted by Gasteiger charge is 2.04. The van der Waals surface area contributed by atoms with Gasteiger partial charge in [-0.05, 0) is 35.7 Å². The summed E-state index contributed by atoms with van der Waals surface area (Å²) in [6.07, 6.45) is 1.58. The van der Waals surface area contributed by atoms with Crippen molar-refractivity contribution in [3.63, 3.8) is 0 Å². The lowest BCUT2D eigenvalue weighted by molar-refractivity contribution is 0.104. The van der Waals surface area contributed by atoms with Crippen LogP contribution in [0.4, 0.5) is 0 Å². The minimum absolute atomic E-state index is 0.00941. The smallest absolute Gasteiger partial charge is 0.186 e. The molecule has 0 radical (unpaired) electrons. The Labute approximate surface area is 151 Å². The highest BCUT2D eigenvalue weighted by molar-refractivity contribution is 9.10. The summed E-state index contributed by atoms with van der Waals surface area (Å²) in [5, 5.41) is 3.82. The molecule has 0 aliphatic heterocycles. The molecular weight excluding hydrogens is 390 g/mol. The van der Waals surface area contributed by atoms with Gasteiger partial charge < -0.3 is 0 Å². The summed E-state index contributed by atoms with van der Waals surface area (Å²) in [5.41, 5.74) is 2.74. The van der Waals surface area contributed by atoms with Crippen LogP contribution in [-0.2, 0) is 0 Å². The Hall–Kier alpha value is -1.69. The third-order valence-corrected chi connectivity index (χ3v) is 5.37. The number of rotatable bonds is 5. The molecule has 0 unspecified atom stereocenters. The van der Waals surface area contributed by atoms with E-state index >= 15 is 0 Å². The highest BCUT2D eigenvalue weighted by atomic mass is 79.9. The van der Waals surface area contributed by atoms with Crippen LogP contribution in [0.3, 0.4) is 0 Å². The van der Waals surface area contributed by atoms with Gasteiger partial charge in [0.05, 0.1) is 5.69 Å². The number of thioether (sulfide) groups is 1. The number of benzene rings is 2. The number of carbonyl (C=O) groups is 1. The normalized spacial score (nSPS) is 11.0. The van der Waals surface area contributed by atoms with Crippen molar-refractivity contribution in [1.82, 2.24) is 4.98 Å². The summed E-state index contributed by atoms with van der Waals surface area (Å²) in [6.45, 7) is 0. The van der Waals surface area contributed by atoms with E-state index in [1.54, 1.807) is 35.0 Å². The van der Waals surface area contributed by atoms with Crippen molar-refractivity contribution in [3.05, 3.63) is 81.5 Å². The van der Waals surface area contributed by atoms with Crippen LogP contribution in [0, 0.1) is 0 Å². The molecule has 5 heteroatoms. The van der Waals surface area contributed by atoms with Gasteiger partial charge in [0.1, 0.15) is 0 Å². The standard InChI is InChI=1S/C18H12BrNOS2/c19-15-8-6-14(7-9-15)17(21)10-11-22-18-20-16(12-23-18)13-4-2-1-3-5-13/h1-12H/b11-10-. The van der Waals surface area contributed by atoms with E-state index in [2.05, 4.69) is 20.9 Å². The summed E-state index contributed by atoms with van der Waals surface area (Å²) in [7, 11) is 0. The lowest BCUT2D eigenvalue weighted by atomic mass is 10.1. The SMILES string of the molecule is O=C(/C=C\Sc1nc(-c2ccccc2)cs1)c1ccc(Br)cc1. The molecule has 23 heavy (non-hydrogen) atoms. The first-order valence-electron chi connectivity index (χ1n) is 6.86. The minimum Gasteiger partial charge on any atom is -0.289 e. The Morgan fingerprint density at radius 2 is 1.83 bits per heavy atom. The second kappa shape index (κ2) is 7.73. The molecule has 2 nitrogen and oxygen atoms in total. The molecule has 1 heterocycles. The Morgan fingerprint density at radius 1 is 1.09 bits per heavy atom. The molecule has 0 N–H and O–H groups in total. The Balaban J connectivity index is 1.63. The summed E-state index contributed by atoms with van der Waals surface area (Å²) >= 11 is 6.39. The van der Waals surface area contributed by atoms with Gasteiger partial charge in [-0.1, -0.05) is 58.0 Å². The van der Waals surface area contributed by atoms with E-state index in [9.17, 15) is 4.79 Å². The van der Waals surface area contributed by atoms with Gasteiger partial charge in [0.15, 0.2) is 10.1 Å². The predicted octanol–water partition coefficient (Wildman–Crippen LogP) is 6.06. The fraction of sp³-hybridized carbons (Fsp3) is 0. The van der Waals surface area contributed by atoms with Crippen molar-refractivity contribution in [2.24, 2.45) is 0 Å². The molecule has 0 atom stereocenters. The van der Waals surface area contributed by atoms with E-state index < -0.39 is 0 Å². The maximum Gasteiger partial charge on any atom is 0.186 e. The van der Waals surface area contributed by atoms with Gasteiger partial charge >= 0.3 is 0 Å². The van der Waals surface area contributed by atoms with Crippen LogP contribution in [0.15, 0.2) is 80.3 Å². The van der Waals surface area contributed by atoms with Crippen molar-refractivity contribution in [1.29, 1.82) is 0 Å². The summed E-state index contributed by atoms with van der Waals surface area (Å²) in [6, 6.07) is 17.4. The van der Waals surface area contributed by atoms with Crippen molar-refractivity contribution in [2.45, 2.75) is 4.34 Å². The fourth-order valence-corrected chi connectivity index (χ4v) is 3.73. The topological polar surface area (TPSA) is 30.0 Å². The zero-order valence-electron chi connectivity index (χ0n) is 12.0. The van der Waals surface area contributed by atoms with Gasteiger partial charge in [-0.25, -0.2) is 4.98 Å². The van der Waals surface area contributed by atoms with Gasteiger partial charge in [-0.15, -0.1) is 11.3 Å². The van der Waals surface area contributed by atoms with Gasteiger partial charge in [0.25, 0.3) is 0 Å². The Kier molecular flexibility index (Phi) is 5.43. The first-order chi connectivity index (χ1) is 11.2. The van der Waals surface area contributed by atoms with E-state index in [-0.39, 0.29) is 5.78 Å². The molecule has 3 rings (SSSR count). The van der Waals surface area contributed by atoms with Crippen molar-refractivity contribution in [3.8, 4) is 11.3 Å². The van der Waals surface area contributed by atoms with Gasteiger partial charge in [-0.3, -0.25) is 4.79 Å². The molecule has 3 aromatic rings. The Bertz CT molecular complexity index is 826. The van der Waals surface area contributed by atoms with Crippen molar-refractivity contribution >= 4 is 44.8 Å². The molecule has 0 saturated carbocycles. The van der Waals surface area contributed by atoms with Gasteiger partial charge in [0.2, 0.25) is 0 Å². The number of nitrogens with zero attached hydrogens (tertiary/aromatic N) is 1. The molecule has 0 aliphatic rings. The van der Waals surface area contributed by atoms with E-state index in [0.717, 1.165) is 20.1 Å². The number of ketones is 1. The molecule has 0 spiro atoms. The molecule has 0 aliphatic carbocycles. The number of allylic oxidation sites excluding steroid dienone is 1. The van der Waals surface area contributed by atoms with Crippen LogP contribution in [0.5, 0.6) is 0 Å². The molecule has 2 aromatic carbocycles. The van der Waals surface area contributed by atoms with Crippen LogP contribution in [-0.4, -0.2) is 10.8 Å². The maximum absolute atomic E-state index is 12.0. The third kappa shape index (κ3) is 4.41. The number of halogens is 1. The fourth-order valence-electron chi connectivity index (χ4n) is 1.92. The average molecular weight is 402 g/mol. The molecule has 0 bridgehead atoms. The van der Waals surface area contributed by atoms with E-state index in [1.165, 1.54) is 11.8 Å². The zero-order valence-corrected chi connectivity index (χ0v) is 15.2. The molecule has 1 aromatic heterocycles. The van der Waals surface area contributed by atoms with Crippen LogP contribution in [0.1, 0.15) is 10.4 Å². The molecule has 114 valence electrons. The average Bonchev–Trinajstić information content (AvgIpc) is 3.05. The quantitative estimate of drug-likeness (QED) is 0.295. The third-order valence-electron chi connectivity index (χ3n) is 3.07. The molecular formula is C18H12BrNOS2. The molecule has 0 saturated heterocycles. The van der Waals surface area contributed by atoms with Crippen LogP contribution < -0.4 is 0 Å². The zero-order chi connectivity index (χ0) is 16.1. The van der Waals surface area contributed by atoms with Crippen LogP contribution in [0.25, 0.3) is 11.3 Å². The summed E-state index contributed by atoms with van der Waals surface area (Å²) in [4.78, 5) is 16.6. The number of carbonyl (C=O) groups excluding carboxylic acids is 1. The summed E-state index contributed by atoms with van der Waals surface area (Å²) < 4.78 is 1.88. The molecule has 0 amide bonds. The predicted molar refractivity (Wildman–Crippen MR) is 101 cm³/mol. The number of aromatic nitrogens is 1. The number of hydrogen-bond donors (Lipinski definition) is 0. The van der Waals surface area contributed by atoms with Crippen molar-refractivity contribution in [2.75, 3.05) is 0 Å². The van der Waals surface area contributed by atoms with Crippen LogP contribution >= 0.6 is 39.0 Å². The number of thiazole rings is 1. The monoisotopic (exact) mass is 401 g/mol. The number of hydrogen-bond acceptors (Lipinski definition) is 4. The first kappa shape index (κ1) is 16.2. The maximum atomic E-state index is 12.0. The largest absolute Gasteiger partial charge is 0.289 e. The summed E-state index contributed by atoms with van der Waals surface area (Å²) in [5.74, 6) is -0.00941. The lowest BCUT2D eigenvalue weighted by Gasteiger charge is -1.95. The second-order valence-electron chi connectivity index (χ2n) is 4.66. The minimum atomic E-state index is -0.00941. The van der Waals surface area contributed by atoms with Crippen molar-refractivity contribution < 1.29 is 4.79 Å². The Morgan fingerprint density at radius 3 is 2.57 bits per heavy atom. The van der Waals surface area contributed by atoms with Gasteiger partial charge in [0, 0.05) is 21.0 Å². The van der Waals surface area contributed by atoms with Gasteiger partial charge in [-0.2, -0.15) is 0 Å². The molecule has 0 fully saturated rings. The van der Waals surface area contributed by atoms with E-state index in [4.69, 9.17) is 0 Å². The second-order valence-corrected chi connectivity index (χ2v) is 7.58. The van der Waals surface area contributed by atoms with E-state index in [1.807, 2.05) is 47.8 Å². The van der Waals surface area contributed by atoms with E-state index in [0.29, 0.717) is 5.56 Å². The highest BCUT2D eigenvalue weighted by Crippen LogP contribution is 2.28. The lowest BCUT2D eigenvalue weighted by Crippen LogP contribution is -1.92. The van der Waals surface area contributed by atoms with Crippen LogP contribution in [0.2, 0.25) is 0 Å². The first-order valence-corrected chi connectivity index (χ1v) is 9.42.